The van der Waals surface area contributed by atoms with Gasteiger partial charge in [-0.15, -0.1) is 0 Å². The van der Waals surface area contributed by atoms with Gasteiger partial charge in [-0.3, -0.25) is 14.4 Å². The monoisotopic (exact) mass is 1000 g/mol. The van der Waals surface area contributed by atoms with Gasteiger partial charge in [0.25, 0.3) is 0 Å². The van der Waals surface area contributed by atoms with E-state index in [1.807, 2.05) is 0 Å². The molecule has 72 heavy (non-hydrogen) atoms. The third kappa shape index (κ3) is 57.7. The molecule has 6 nitrogen and oxygen atoms in total. The summed E-state index contributed by atoms with van der Waals surface area (Å²) >= 11 is 0. The van der Waals surface area contributed by atoms with E-state index in [9.17, 15) is 14.4 Å². The third-order valence-electron chi connectivity index (χ3n) is 13.5. The molecule has 0 aromatic carbocycles. The van der Waals surface area contributed by atoms with Crippen molar-refractivity contribution in [3.8, 4) is 0 Å². The predicted molar refractivity (Wildman–Crippen MR) is 311 cm³/mol. The van der Waals surface area contributed by atoms with Gasteiger partial charge in [0.15, 0.2) is 6.10 Å². The fourth-order valence-electron chi connectivity index (χ4n) is 8.86. The largest absolute Gasteiger partial charge is 0.462 e. The molecule has 0 aliphatic carbocycles. The van der Waals surface area contributed by atoms with E-state index in [1.165, 1.54) is 167 Å². The highest BCUT2D eigenvalue weighted by Crippen LogP contribution is 2.17. The molecule has 0 aromatic rings. The molecule has 0 saturated heterocycles. The molecule has 1 atom stereocenters. The Kier molecular flexibility index (Phi) is 57.8. The number of esters is 3. The second-order valence-corrected chi connectivity index (χ2v) is 20.6. The molecule has 6 heteroatoms. The second kappa shape index (κ2) is 60.4. The third-order valence-corrected chi connectivity index (χ3v) is 13.5. The number of unbranched alkanes of at least 4 members (excludes halogenated alkanes) is 33. The molecule has 0 fully saturated rings. The van der Waals surface area contributed by atoms with Crippen LogP contribution in [0.2, 0.25) is 0 Å². The molecule has 0 bridgehead atoms. The Balaban J connectivity index is 4.27. The van der Waals surface area contributed by atoms with Crippen LogP contribution < -0.4 is 0 Å². The van der Waals surface area contributed by atoms with Crippen LogP contribution in [0.25, 0.3) is 0 Å². The first-order valence-electron chi connectivity index (χ1n) is 30.9. The van der Waals surface area contributed by atoms with Crippen LogP contribution in [0.5, 0.6) is 0 Å². The molecule has 0 aromatic heterocycles. The summed E-state index contributed by atoms with van der Waals surface area (Å²) in [4.78, 5) is 38.2. The lowest BCUT2D eigenvalue weighted by molar-refractivity contribution is -0.167. The minimum Gasteiger partial charge on any atom is -0.462 e. The van der Waals surface area contributed by atoms with Crippen molar-refractivity contribution in [1.29, 1.82) is 0 Å². The molecule has 0 spiro atoms. The number of ether oxygens (including phenoxy) is 3. The van der Waals surface area contributed by atoms with Crippen LogP contribution in [0, 0.1) is 0 Å². The standard InChI is InChI=1S/C66H116O6/c1-4-7-10-13-16-19-22-25-27-28-29-30-31-32-33-34-35-36-37-38-40-41-44-47-50-53-56-59-65(68)71-62-63(61-70-64(67)58-55-52-49-46-43-24-21-18-15-12-9-6-3)72-66(69)60-57-54-51-48-45-42-39-26-23-20-17-14-11-8-5-2/h7,10,16,19,25,27,29-30,32-33,35-36,63H,4-6,8-9,11-15,17-18,20-24,26,28,31,34,37-62H2,1-3H3/b10-7-,19-16-,27-25-,30-29-,33-32-,36-35-. The number of rotatable bonds is 56. The van der Waals surface area contributed by atoms with Crippen molar-refractivity contribution in [2.75, 3.05) is 13.2 Å². The van der Waals surface area contributed by atoms with Gasteiger partial charge >= 0.3 is 17.9 Å². The molecule has 0 amide bonds. The zero-order valence-corrected chi connectivity index (χ0v) is 47.7. The molecule has 0 N–H and O–H groups in total. The maximum absolute atomic E-state index is 12.9. The molecule has 1 unspecified atom stereocenters. The zero-order chi connectivity index (χ0) is 52.2. The average Bonchev–Trinajstić information content (AvgIpc) is 3.38. The van der Waals surface area contributed by atoms with E-state index in [0.717, 1.165) is 103 Å². The van der Waals surface area contributed by atoms with Crippen LogP contribution in [0.1, 0.15) is 310 Å². The van der Waals surface area contributed by atoms with E-state index in [1.54, 1.807) is 0 Å². The van der Waals surface area contributed by atoms with Crippen LogP contribution in [-0.4, -0.2) is 37.2 Å². The summed E-state index contributed by atoms with van der Waals surface area (Å²) in [5.74, 6) is -0.867. The van der Waals surface area contributed by atoms with E-state index in [4.69, 9.17) is 14.2 Å². The summed E-state index contributed by atoms with van der Waals surface area (Å²) in [6, 6.07) is 0. The molecule has 0 heterocycles. The highest BCUT2D eigenvalue weighted by molar-refractivity contribution is 5.71. The lowest BCUT2D eigenvalue weighted by Gasteiger charge is -2.18. The van der Waals surface area contributed by atoms with E-state index in [-0.39, 0.29) is 31.1 Å². The Labute approximate surface area is 446 Å². The second-order valence-electron chi connectivity index (χ2n) is 20.6. The number of carbonyl (C=O) groups is 3. The van der Waals surface area contributed by atoms with Gasteiger partial charge in [0.1, 0.15) is 13.2 Å². The zero-order valence-electron chi connectivity index (χ0n) is 47.7. The lowest BCUT2D eigenvalue weighted by atomic mass is 10.0. The Bertz CT molecular complexity index is 1340. The molecular weight excluding hydrogens is 889 g/mol. The van der Waals surface area contributed by atoms with Gasteiger partial charge in [-0.05, 0) is 70.6 Å². The van der Waals surface area contributed by atoms with Crippen LogP contribution in [-0.2, 0) is 28.6 Å². The van der Waals surface area contributed by atoms with E-state index in [2.05, 4.69) is 93.7 Å². The van der Waals surface area contributed by atoms with Crippen molar-refractivity contribution in [3.05, 3.63) is 72.9 Å². The van der Waals surface area contributed by atoms with Gasteiger partial charge < -0.3 is 14.2 Å². The van der Waals surface area contributed by atoms with Gasteiger partial charge in [0.05, 0.1) is 0 Å². The average molecular weight is 1010 g/mol. The van der Waals surface area contributed by atoms with Gasteiger partial charge in [-0.1, -0.05) is 293 Å². The van der Waals surface area contributed by atoms with Crippen LogP contribution in [0.4, 0.5) is 0 Å². The minimum atomic E-state index is -0.775. The molecule has 416 valence electrons. The first-order valence-corrected chi connectivity index (χ1v) is 30.9. The Hall–Kier alpha value is -3.15. The Morgan fingerprint density at radius 1 is 0.292 bits per heavy atom. The number of carbonyl (C=O) groups excluding carboxylic acids is 3. The highest BCUT2D eigenvalue weighted by atomic mass is 16.6. The fraction of sp³-hybridized carbons (Fsp3) is 0.773. The van der Waals surface area contributed by atoms with Crippen molar-refractivity contribution in [2.45, 2.75) is 316 Å². The Morgan fingerprint density at radius 3 is 0.847 bits per heavy atom. The van der Waals surface area contributed by atoms with E-state index in [0.29, 0.717) is 19.3 Å². The van der Waals surface area contributed by atoms with Crippen LogP contribution >= 0.6 is 0 Å². The summed E-state index contributed by atoms with van der Waals surface area (Å²) < 4.78 is 16.9. The normalized spacial score (nSPS) is 12.5. The maximum Gasteiger partial charge on any atom is 0.306 e. The fourth-order valence-corrected chi connectivity index (χ4v) is 8.86. The van der Waals surface area contributed by atoms with Crippen molar-refractivity contribution in [2.24, 2.45) is 0 Å². The van der Waals surface area contributed by atoms with Crippen molar-refractivity contribution >= 4 is 17.9 Å². The van der Waals surface area contributed by atoms with Crippen molar-refractivity contribution in [1.82, 2.24) is 0 Å². The molecule has 0 aliphatic heterocycles. The minimum absolute atomic E-state index is 0.0731. The first kappa shape index (κ1) is 68.8. The summed E-state index contributed by atoms with van der Waals surface area (Å²) in [6.45, 7) is 6.55. The van der Waals surface area contributed by atoms with Gasteiger partial charge in [-0.25, -0.2) is 0 Å². The quantitative estimate of drug-likeness (QED) is 0.0261. The van der Waals surface area contributed by atoms with E-state index >= 15 is 0 Å². The van der Waals surface area contributed by atoms with Crippen molar-refractivity contribution < 1.29 is 28.6 Å². The van der Waals surface area contributed by atoms with Crippen LogP contribution in [0.3, 0.4) is 0 Å². The van der Waals surface area contributed by atoms with Gasteiger partial charge in [-0.2, -0.15) is 0 Å². The summed E-state index contributed by atoms with van der Waals surface area (Å²) in [5, 5.41) is 0. The number of hydrogen-bond donors (Lipinski definition) is 0. The number of hydrogen-bond acceptors (Lipinski definition) is 6. The lowest BCUT2D eigenvalue weighted by Crippen LogP contribution is -2.30. The SMILES string of the molecule is CC/C=C\C/C=C\C/C=C\C/C=C\C/C=C\C/C=C\CCCCCCCCCCC(=O)OCC(COC(=O)CCCCCCCCCCCCCC)OC(=O)CCCCCCCCCCCCCCCCC. The van der Waals surface area contributed by atoms with E-state index < -0.39 is 6.10 Å². The van der Waals surface area contributed by atoms with Gasteiger partial charge in [0, 0.05) is 19.3 Å². The Morgan fingerprint density at radius 2 is 0.542 bits per heavy atom. The molecule has 0 aliphatic rings. The summed E-state index contributed by atoms with van der Waals surface area (Å²) in [7, 11) is 0. The number of allylic oxidation sites excluding steroid dienone is 12. The summed E-state index contributed by atoms with van der Waals surface area (Å²) in [5.41, 5.74) is 0. The summed E-state index contributed by atoms with van der Waals surface area (Å²) in [6.07, 6.45) is 77.6. The first-order chi connectivity index (χ1) is 35.5. The smallest absolute Gasteiger partial charge is 0.306 e. The highest BCUT2D eigenvalue weighted by Gasteiger charge is 2.19. The molecule has 0 rings (SSSR count). The van der Waals surface area contributed by atoms with Crippen molar-refractivity contribution in [3.63, 3.8) is 0 Å². The van der Waals surface area contributed by atoms with Crippen LogP contribution in [0.15, 0.2) is 72.9 Å². The van der Waals surface area contributed by atoms with Gasteiger partial charge in [0.2, 0.25) is 0 Å². The molecular formula is C66H116O6. The molecule has 0 saturated carbocycles. The topological polar surface area (TPSA) is 78.9 Å². The maximum atomic E-state index is 12.9. The predicted octanol–water partition coefficient (Wildman–Crippen LogP) is 20.9. The molecule has 0 radical (unpaired) electrons.